The predicted octanol–water partition coefficient (Wildman–Crippen LogP) is 0.531. The number of aliphatic imine (C=N–C) groups is 2. The monoisotopic (exact) mass is 204 g/mol. The highest BCUT2D eigenvalue weighted by Crippen LogP contribution is 2.02. The van der Waals surface area contributed by atoms with Gasteiger partial charge in [-0.05, 0) is 26.6 Å². The Morgan fingerprint density at radius 2 is 2.53 bits per heavy atom. The molecule has 0 aromatic carbocycles. The van der Waals surface area contributed by atoms with Crippen LogP contribution in [0.5, 0.6) is 0 Å². The number of nitrogens with zero attached hydrogens (tertiary/aromatic N) is 2. The molecule has 0 radical (unpaired) electrons. The Kier molecular flexibility index (Phi) is 4.58. The van der Waals surface area contributed by atoms with E-state index in [1.807, 2.05) is 6.92 Å². The minimum Gasteiger partial charge on any atom is -0.330 e. The van der Waals surface area contributed by atoms with E-state index in [0.717, 1.165) is 25.1 Å². The fraction of sp³-hybridized carbons (Fsp3) is 0.455. The minimum atomic E-state index is 0.289. The lowest BCUT2D eigenvalue weighted by Crippen LogP contribution is -2.20. The maximum atomic E-state index is 5.21. The number of terminal acetylenes is 1. The summed E-state index contributed by atoms with van der Waals surface area (Å²) in [5.41, 5.74) is 0.802. The van der Waals surface area contributed by atoms with Gasteiger partial charge in [-0.15, -0.1) is 6.42 Å². The molecule has 15 heavy (non-hydrogen) atoms. The number of guanidine groups is 1. The van der Waals surface area contributed by atoms with E-state index in [-0.39, 0.29) is 6.04 Å². The first-order valence-corrected chi connectivity index (χ1v) is 4.91. The molecule has 4 heteroatoms. The van der Waals surface area contributed by atoms with E-state index >= 15 is 0 Å². The molecule has 0 unspecified atom stereocenters. The van der Waals surface area contributed by atoms with Crippen molar-refractivity contribution >= 4 is 12.7 Å². The van der Waals surface area contributed by atoms with Gasteiger partial charge in [-0.1, -0.05) is 5.92 Å². The summed E-state index contributed by atoms with van der Waals surface area (Å²) in [6.45, 7) is 7.21. The molecule has 1 aliphatic heterocycles. The predicted molar refractivity (Wildman–Crippen MR) is 64.0 cm³/mol. The molecule has 0 aromatic heterocycles. The zero-order valence-corrected chi connectivity index (χ0v) is 8.95. The number of hydrogen-bond donors (Lipinski definition) is 2. The number of rotatable bonds is 2. The Balaban J connectivity index is 2.55. The van der Waals surface area contributed by atoms with Crippen LogP contribution in [0.1, 0.15) is 13.3 Å². The molecule has 2 N–H and O–H groups in total. The van der Waals surface area contributed by atoms with Gasteiger partial charge in [0.15, 0.2) is 0 Å². The van der Waals surface area contributed by atoms with Gasteiger partial charge in [0, 0.05) is 18.3 Å². The van der Waals surface area contributed by atoms with Crippen molar-refractivity contribution in [3.05, 3.63) is 11.8 Å². The highest BCUT2D eigenvalue weighted by Gasteiger charge is 2.13. The Hall–Kier alpha value is -1.60. The standard InChI is InChI=1S/C11H16N4/c1-4-9(2)7-14-11(12-3)15-10-5-6-13-8-10/h1,7,10,13H,3,5-6,8H2,2H3,(H,14,15)/b9-7+/t10-/m1/s1. The van der Waals surface area contributed by atoms with E-state index < -0.39 is 0 Å². The summed E-state index contributed by atoms with van der Waals surface area (Å²) in [4.78, 5) is 8.21. The first kappa shape index (κ1) is 11.5. The zero-order valence-electron chi connectivity index (χ0n) is 8.95. The van der Waals surface area contributed by atoms with Crippen LogP contribution in [0.25, 0.3) is 0 Å². The van der Waals surface area contributed by atoms with Crippen LogP contribution in [0.4, 0.5) is 0 Å². The molecule has 1 saturated heterocycles. The largest absolute Gasteiger partial charge is 0.330 e. The molecule has 0 bridgehead atoms. The van der Waals surface area contributed by atoms with Crippen molar-refractivity contribution in [3.63, 3.8) is 0 Å². The first-order chi connectivity index (χ1) is 7.26. The van der Waals surface area contributed by atoms with Crippen molar-refractivity contribution in [2.24, 2.45) is 9.98 Å². The normalized spacial score (nSPS) is 22.3. The van der Waals surface area contributed by atoms with Crippen LogP contribution in [0.3, 0.4) is 0 Å². The van der Waals surface area contributed by atoms with Gasteiger partial charge in [0.1, 0.15) is 0 Å². The van der Waals surface area contributed by atoms with Crippen LogP contribution < -0.4 is 10.6 Å². The average molecular weight is 204 g/mol. The number of allylic oxidation sites excluding steroid dienone is 1. The van der Waals surface area contributed by atoms with Crippen LogP contribution in [0.2, 0.25) is 0 Å². The molecule has 0 aliphatic carbocycles. The summed E-state index contributed by atoms with van der Waals surface area (Å²) in [5.74, 6) is 3.03. The Morgan fingerprint density at radius 3 is 3.07 bits per heavy atom. The van der Waals surface area contributed by atoms with Gasteiger partial charge in [-0.3, -0.25) is 0 Å². The molecule has 1 fully saturated rings. The van der Waals surface area contributed by atoms with E-state index in [2.05, 4.69) is 33.3 Å². The third-order valence-electron chi connectivity index (χ3n) is 2.13. The minimum absolute atomic E-state index is 0.289. The Morgan fingerprint density at radius 1 is 1.73 bits per heavy atom. The summed E-state index contributed by atoms with van der Waals surface area (Å²) < 4.78 is 0. The van der Waals surface area contributed by atoms with Crippen molar-refractivity contribution in [1.29, 1.82) is 0 Å². The van der Waals surface area contributed by atoms with Crippen LogP contribution in [-0.2, 0) is 0 Å². The third-order valence-corrected chi connectivity index (χ3v) is 2.13. The Labute approximate surface area is 90.6 Å². The highest BCUT2D eigenvalue weighted by atomic mass is 15.1. The third kappa shape index (κ3) is 3.96. The van der Waals surface area contributed by atoms with Gasteiger partial charge in [0.2, 0.25) is 5.96 Å². The summed E-state index contributed by atoms with van der Waals surface area (Å²) in [6.07, 6.45) is 7.95. The molecule has 0 aromatic rings. The highest BCUT2D eigenvalue weighted by molar-refractivity contribution is 5.85. The van der Waals surface area contributed by atoms with E-state index in [1.54, 1.807) is 6.20 Å². The molecule has 1 aliphatic rings. The maximum Gasteiger partial charge on any atom is 0.221 e. The molecule has 1 atom stereocenters. The van der Waals surface area contributed by atoms with Gasteiger partial charge < -0.3 is 10.6 Å². The van der Waals surface area contributed by atoms with Crippen molar-refractivity contribution in [2.45, 2.75) is 19.4 Å². The summed E-state index contributed by atoms with van der Waals surface area (Å²) >= 11 is 0. The molecule has 0 saturated carbocycles. The smallest absolute Gasteiger partial charge is 0.221 e. The second-order valence-corrected chi connectivity index (χ2v) is 3.37. The van der Waals surface area contributed by atoms with Crippen molar-refractivity contribution in [2.75, 3.05) is 13.1 Å². The fourth-order valence-corrected chi connectivity index (χ4v) is 1.26. The van der Waals surface area contributed by atoms with Crippen LogP contribution in [0, 0.1) is 12.3 Å². The van der Waals surface area contributed by atoms with Crippen LogP contribution in [0.15, 0.2) is 21.8 Å². The summed E-state index contributed by atoms with van der Waals surface area (Å²) in [7, 11) is 0. The van der Waals surface area contributed by atoms with Crippen LogP contribution >= 0.6 is 0 Å². The summed E-state index contributed by atoms with van der Waals surface area (Å²) in [6, 6.07) is 0.289. The Bertz CT molecular complexity index is 316. The zero-order chi connectivity index (χ0) is 11.1. The van der Waals surface area contributed by atoms with Crippen molar-refractivity contribution in [1.82, 2.24) is 10.6 Å². The topological polar surface area (TPSA) is 48.8 Å². The summed E-state index contributed by atoms with van der Waals surface area (Å²) in [5, 5.41) is 6.17. The lowest BCUT2D eigenvalue weighted by molar-refractivity contribution is 0.738. The quantitative estimate of drug-likeness (QED) is 0.391. The fourth-order valence-electron chi connectivity index (χ4n) is 1.26. The van der Waals surface area contributed by atoms with Crippen molar-refractivity contribution in [3.8, 4) is 12.3 Å². The molecular formula is C11H16N4. The lowest BCUT2D eigenvalue weighted by atomic mass is 10.3. The second-order valence-electron chi connectivity index (χ2n) is 3.37. The molecular weight excluding hydrogens is 188 g/mol. The number of hydrogen-bond acceptors (Lipinski definition) is 2. The lowest BCUT2D eigenvalue weighted by Gasteiger charge is -2.04. The second kappa shape index (κ2) is 5.99. The van der Waals surface area contributed by atoms with Crippen LogP contribution in [-0.4, -0.2) is 31.8 Å². The molecule has 1 heterocycles. The van der Waals surface area contributed by atoms with Gasteiger partial charge in [-0.2, -0.15) is 0 Å². The SMILES string of the molecule is C#C/C(C)=C/NC(N=C)=N[C@@H]1CCNC1. The van der Waals surface area contributed by atoms with Gasteiger partial charge in [0.25, 0.3) is 0 Å². The maximum absolute atomic E-state index is 5.21. The van der Waals surface area contributed by atoms with E-state index in [0.29, 0.717) is 5.96 Å². The average Bonchev–Trinajstić information content (AvgIpc) is 2.76. The number of nitrogens with one attached hydrogen (secondary N) is 2. The van der Waals surface area contributed by atoms with E-state index in [4.69, 9.17) is 6.42 Å². The first-order valence-electron chi connectivity index (χ1n) is 4.91. The van der Waals surface area contributed by atoms with Gasteiger partial charge in [-0.25, -0.2) is 9.98 Å². The van der Waals surface area contributed by atoms with Crippen molar-refractivity contribution < 1.29 is 0 Å². The molecule has 4 nitrogen and oxygen atoms in total. The molecule has 0 spiro atoms. The van der Waals surface area contributed by atoms with E-state index in [9.17, 15) is 0 Å². The van der Waals surface area contributed by atoms with Gasteiger partial charge in [0.05, 0.1) is 6.04 Å². The molecule has 0 amide bonds. The molecule has 1 rings (SSSR count). The van der Waals surface area contributed by atoms with Gasteiger partial charge >= 0.3 is 0 Å². The molecule has 80 valence electrons. The van der Waals surface area contributed by atoms with E-state index in [1.165, 1.54) is 0 Å².